The number of carbonyl (C=O) groups is 2. The van der Waals surface area contributed by atoms with Crippen molar-refractivity contribution in [3.63, 3.8) is 0 Å². The number of H-pyrrole nitrogens is 1. The first kappa shape index (κ1) is 22.7. The lowest BCUT2D eigenvalue weighted by molar-refractivity contribution is -0.136. The van der Waals surface area contributed by atoms with Crippen molar-refractivity contribution < 1.29 is 19.4 Å². The molecule has 2 N–H and O–H groups in total. The van der Waals surface area contributed by atoms with Crippen molar-refractivity contribution in [2.75, 3.05) is 31.1 Å². The lowest BCUT2D eigenvalue weighted by Gasteiger charge is -2.34. The first-order valence-corrected chi connectivity index (χ1v) is 11.5. The van der Waals surface area contributed by atoms with E-state index in [0.29, 0.717) is 37.5 Å². The van der Waals surface area contributed by atoms with Gasteiger partial charge in [0.1, 0.15) is 11.6 Å². The largest absolute Gasteiger partial charge is 0.481 e. The summed E-state index contributed by atoms with van der Waals surface area (Å²) in [5.41, 5.74) is 1.78. The molecule has 4 rings (SSSR count). The number of nitrogens with one attached hydrogen (secondary N) is 1. The van der Waals surface area contributed by atoms with E-state index >= 15 is 0 Å². The van der Waals surface area contributed by atoms with E-state index in [1.54, 1.807) is 41.3 Å². The molecule has 1 fully saturated rings. The Kier molecular flexibility index (Phi) is 7.13. The lowest BCUT2D eigenvalue weighted by Crippen LogP contribution is -2.49. The van der Waals surface area contributed by atoms with Crippen LogP contribution in [0.25, 0.3) is 0 Å². The van der Waals surface area contributed by atoms with Crippen LogP contribution in [0.5, 0.6) is 5.75 Å². The van der Waals surface area contributed by atoms with E-state index in [0.717, 1.165) is 16.5 Å². The van der Waals surface area contributed by atoms with E-state index in [4.69, 9.17) is 9.84 Å². The highest BCUT2D eigenvalue weighted by molar-refractivity contribution is 7.99. The molecule has 1 atom stereocenters. The Morgan fingerprint density at radius 1 is 1.12 bits per heavy atom. The van der Waals surface area contributed by atoms with Crippen LogP contribution in [-0.4, -0.2) is 63.2 Å². The average Bonchev–Trinajstić information content (AvgIpc) is 3.33. The average molecular weight is 468 g/mol. The SMILES string of the molecule is CC(Sc1ncc[nH]1)c1ccc(OC(=O)N2CCN(c3ccc(CC(=O)O)cn3)CC2)cc1. The maximum absolute atomic E-state index is 12.6. The standard InChI is InChI=1S/C23H25N5O4S/c1-16(33-22-24-8-9-25-22)18-3-5-19(6-4-18)32-23(31)28-12-10-27(11-13-28)20-7-2-17(15-26-20)14-21(29)30/h2-9,15-16H,10-14H2,1H3,(H,24,25)(H,29,30). The minimum absolute atomic E-state index is 0.0460. The number of aromatic amines is 1. The predicted molar refractivity (Wildman–Crippen MR) is 125 cm³/mol. The second kappa shape index (κ2) is 10.4. The van der Waals surface area contributed by atoms with E-state index in [-0.39, 0.29) is 17.8 Å². The molecule has 1 amide bonds. The van der Waals surface area contributed by atoms with Gasteiger partial charge in [-0.1, -0.05) is 30.0 Å². The number of carbonyl (C=O) groups excluding carboxylic acids is 1. The van der Waals surface area contributed by atoms with E-state index in [1.807, 2.05) is 30.3 Å². The molecule has 0 saturated carbocycles. The van der Waals surface area contributed by atoms with Gasteiger partial charge in [-0.3, -0.25) is 4.79 Å². The van der Waals surface area contributed by atoms with Crippen molar-refractivity contribution >= 4 is 29.6 Å². The van der Waals surface area contributed by atoms with Crippen LogP contribution in [0, 0.1) is 0 Å². The number of amides is 1. The number of carboxylic acids is 1. The van der Waals surface area contributed by atoms with Crippen molar-refractivity contribution in [3.05, 3.63) is 66.1 Å². The molecule has 0 spiro atoms. The summed E-state index contributed by atoms with van der Waals surface area (Å²) in [5, 5.41) is 9.94. The van der Waals surface area contributed by atoms with Crippen LogP contribution in [0.4, 0.5) is 10.6 Å². The number of hydrogen-bond donors (Lipinski definition) is 2. The van der Waals surface area contributed by atoms with E-state index in [1.165, 1.54) is 0 Å². The van der Waals surface area contributed by atoms with Crippen LogP contribution in [0.2, 0.25) is 0 Å². The third-order valence-corrected chi connectivity index (χ3v) is 6.41. The summed E-state index contributed by atoms with van der Waals surface area (Å²) in [4.78, 5) is 38.8. The zero-order valence-electron chi connectivity index (χ0n) is 18.2. The predicted octanol–water partition coefficient (Wildman–Crippen LogP) is 3.61. The summed E-state index contributed by atoms with van der Waals surface area (Å²) in [6.45, 7) is 4.39. The molecule has 1 aliphatic heterocycles. The Morgan fingerprint density at radius 2 is 1.88 bits per heavy atom. The molecule has 3 heterocycles. The molecular formula is C23H25N5O4S. The maximum Gasteiger partial charge on any atom is 0.415 e. The van der Waals surface area contributed by atoms with Crippen molar-refractivity contribution in [2.24, 2.45) is 0 Å². The molecule has 0 aliphatic carbocycles. The Morgan fingerprint density at radius 3 is 2.48 bits per heavy atom. The highest BCUT2D eigenvalue weighted by atomic mass is 32.2. The zero-order chi connectivity index (χ0) is 23.2. The first-order chi connectivity index (χ1) is 16.0. The fraction of sp³-hybridized carbons (Fsp3) is 0.304. The van der Waals surface area contributed by atoms with Crippen LogP contribution in [0.15, 0.2) is 60.1 Å². The van der Waals surface area contributed by atoms with Gasteiger partial charge in [-0.25, -0.2) is 14.8 Å². The van der Waals surface area contributed by atoms with Crippen LogP contribution in [-0.2, 0) is 11.2 Å². The third kappa shape index (κ3) is 6.04. The van der Waals surface area contributed by atoms with E-state index < -0.39 is 5.97 Å². The summed E-state index contributed by atoms with van der Waals surface area (Å²) in [6, 6.07) is 11.1. The molecule has 1 unspecified atom stereocenters. The molecule has 2 aromatic heterocycles. The van der Waals surface area contributed by atoms with Gasteiger partial charge < -0.3 is 24.6 Å². The number of carboxylic acid groups (broad SMARTS) is 1. The van der Waals surface area contributed by atoms with Gasteiger partial charge in [-0.05, 0) is 36.2 Å². The van der Waals surface area contributed by atoms with Crippen LogP contribution in [0.1, 0.15) is 23.3 Å². The molecule has 1 saturated heterocycles. The number of benzene rings is 1. The van der Waals surface area contributed by atoms with Gasteiger partial charge in [-0.2, -0.15) is 0 Å². The normalized spacial score (nSPS) is 14.7. The molecule has 10 heteroatoms. The molecule has 0 radical (unpaired) electrons. The van der Waals surface area contributed by atoms with E-state index in [2.05, 4.69) is 26.8 Å². The van der Waals surface area contributed by atoms with Crippen LogP contribution < -0.4 is 9.64 Å². The number of ether oxygens (including phenoxy) is 1. The highest BCUT2D eigenvalue weighted by Crippen LogP contribution is 2.33. The number of anilines is 1. The molecular weight excluding hydrogens is 442 g/mol. The van der Waals surface area contributed by atoms with Crippen LogP contribution in [0.3, 0.4) is 0 Å². The fourth-order valence-corrected chi connectivity index (χ4v) is 4.41. The zero-order valence-corrected chi connectivity index (χ0v) is 19.0. The molecule has 3 aromatic rings. The number of nitrogens with zero attached hydrogens (tertiary/aromatic N) is 4. The van der Waals surface area contributed by atoms with Gasteiger partial charge in [-0.15, -0.1) is 0 Å². The van der Waals surface area contributed by atoms with Crippen molar-refractivity contribution in [1.82, 2.24) is 19.9 Å². The molecule has 1 aliphatic rings. The second-order valence-electron chi connectivity index (χ2n) is 7.66. The number of aromatic nitrogens is 3. The van der Waals surface area contributed by atoms with Gasteiger partial charge in [0.15, 0.2) is 5.16 Å². The first-order valence-electron chi connectivity index (χ1n) is 10.6. The Hall–Kier alpha value is -3.53. The van der Waals surface area contributed by atoms with E-state index in [9.17, 15) is 9.59 Å². The minimum Gasteiger partial charge on any atom is -0.481 e. The summed E-state index contributed by atoms with van der Waals surface area (Å²) < 4.78 is 5.56. The quantitative estimate of drug-likeness (QED) is 0.507. The third-order valence-electron chi connectivity index (χ3n) is 5.34. The highest BCUT2D eigenvalue weighted by Gasteiger charge is 2.23. The van der Waals surface area contributed by atoms with Crippen LogP contribution >= 0.6 is 11.8 Å². The Balaban J connectivity index is 1.26. The molecule has 9 nitrogen and oxygen atoms in total. The number of rotatable bonds is 7. The number of imidazole rings is 1. The number of aliphatic carboxylic acids is 1. The lowest BCUT2D eigenvalue weighted by atomic mass is 10.1. The number of hydrogen-bond acceptors (Lipinski definition) is 7. The summed E-state index contributed by atoms with van der Waals surface area (Å²) >= 11 is 1.63. The Bertz CT molecular complexity index is 1070. The number of pyridine rings is 1. The minimum atomic E-state index is -0.881. The smallest absolute Gasteiger partial charge is 0.415 e. The van der Waals surface area contributed by atoms with Crippen molar-refractivity contribution in [2.45, 2.75) is 23.8 Å². The fourth-order valence-electron chi connectivity index (χ4n) is 3.52. The number of piperazine rings is 1. The second-order valence-corrected chi connectivity index (χ2v) is 8.99. The molecule has 33 heavy (non-hydrogen) atoms. The molecule has 0 bridgehead atoms. The summed E-state index contributed by atoms with van der Waals surface area (Å²) in [5.74, 6) is 0.403. The van der Waals surface area contributed by atoms with Gasteiger partial charge in [0.2, 0.25) is 0 Å². The number of thioether (sulfide) groups is 1. The van der Waals surface area contributed by atoms with Gasteiger partial charge in [0.05, 0.1) is 6.42 Å². The van der Waals surface area contributed by atoms with Gasteiger partial charge in [0, 0.05) is 50.0 Å². The van der Waals surface area contributed by atoms with Gasteiger partial charge >= 0.3 is 12.1 Å². The van der Waals surface area contributed by atoms with Gasteiger partial charge in [0.25, 0.3) is 0 Å². The molecule has 1 aromatic carbocycles. The summed E-state index contributed by atoms with van der Waals surface area (Å²) in [6.07, 6.45) is 4.69. The topological polar surface area (TPSA) is 112 Å². The summed E-state index contributed by atoms with van der Waals surface area (Å²) in [7, 11) is 0. The van der Waals surface area contributed by atoms with Crippen molar-refractivity contribution in [3.8, 4) is 5.75 Å². The molecule has 172 valence electrons. The van der Waals surface area contributed by atoms with Crippen molar-refractivity contribution in [1.29, 1.82) is 0 Å². The monoisotopic (exact) mass is 467 g/mol. The maximum atomic E-state index is 12.6. The Labute approximate surface area is 195 Å².